The van der Waals surface area contributed by atoms with Gasteiger partial charge in [-0.05, 0) is 38.7 Å². The first-order valence-electron chi connectivity index (χ1n) is 10.8. The van der Waals surface area contributed by atoms with E-state index in [4.69, 9.17) is 4.74 Å². The van der Waals surface area contributed by atoms with E-state index < -0.39 is 0 Å². The van der Waals surface area contributed by atoms with E-state index in [1.807, 2.05) is 18.5 Å². The third-order valence-corrected chi connectivity index (χ3v) is 6.40. The molecule has 1 N–H and O–H groups in total. The van der Waals surface area contributed by atoms with Crippen LogP contribution in [0.3, 0.4) is 0 Å². The van der Waals surface area contributed by atoms with Crippen LogP contribution in [0, 0.1) is 6.92 Å². The minimum atomic E-state index is 0.134. The van der Waals surface area contributed by atoms with Crippen molar-refractivity contribution in [3.8, 4) is 5.75 Å². The summed E-state index contributed by atoms with van der Waals surface area (Å²) in [5, 5.41) is 3.07. The maximum absolute atomic E-state index is 12.3. The van der Waals surface area contributed by atoms with Crippen LogP contribution in [0.4, 0.5) is 0 Å². The first kappa shape index (κ1) is 21.8. The summed E-state index contributed by atoms with van der Waals surface area (Å²) in [6, 6.07) is 8.29. The van der Waals surface area contributed by atoms with Gasteiger partial charge in [-0.1, -0.05) is 31.5 Å². The fraction of sp³-hybridized carbons (Fsp3) is 0.565. The van der Waals surface area contributed by atoms with Gasteiger partial charge in [0.05, 0.1) is 11.2 Å². The third-order valence-electron chi connectivity index (χ3n) is 5.40. The molecule has 158 valence electrons. The molecule has 3 rings (SSSR count). The summed E-state index contributed by atoms with van der Waals surface area (Å²) in [5.74, 6) is 1.13. The first-order chi connectivity index (χ1) is 14.2. The number of carbonyl (C=O) groups is 1. The molecule has 1 aromatic heterocycles. The predicted molar refractivity (Wildman–Crippen MR) is 118 cm³/mol. The number of hydrogen-bond acceptors (Lipinski definition) is 5. The van der Waals surface area contributed by atoms with Gasteiger partial charge in [0.1, 0.15) is 11.9 Å². The average molecular weight is 416 g/mol. The van der Waals surface area contributed by atoms with Gasteiger partial charge in [-0.15, -0.1) is 11.3 Å². The summed E-state index contributed by atoms with van der Waals surface area (Å²) in [6.45, 7) is 7.47. The number of unbranched alkanes of at least 4 members (excludes halogenated alkanes) is 1. The minimum Gasteiger partial charge on any atom is -0.489 e. The topological polar surface area (TPSA) is 54.5 Å². The van der Waals surface area contributed by atoms with Gasteiger partial charge in [-0.3, -0.25) is 9.69 Å². The lowest BCUT2D eigenvalue weighted by molar-refractivity contribution is -0.121. The van der Waals surface area contributed by atoms with Crippen LogP contribution >= 0.6 is 11.3 Å². The molecule has 1 aliphatic heterocycles. The number of aromatic nitrogens is 1. The van der Waals surface area contributed by atoms with E-state index in [0.29, 0.717) is 6.42 Å². The van der Waals surface area contributed by atoms with Gasteiger partial charge in [-0.25, -0.2) is 4.98 Å². The molecular weight excluding hydrogens is 382 g/mol. The second-order valence-electron chi connectivity index (χ2n) is 7.79. The second-order valence-corrected chi connectivity index (χ2v) is 8.73. The van der Waals surface area contributed by atoms with Crippen LogP contribution in [0.5, 0.6) is 5.75 Å². The van der Waals surface area contributed by atoms with Gasteiger partial charge >= 0.3 is 0 Å². The number of para-hydroxylation sites is 1. The van der Waals surface area contributed by atoms with Crippen LogP contribution in [0.25, 0.3) is 0 Å². The van der Waals surface area contributed by atoms with Crippen molar-refractivity contribution >= 4 is 17.2 Å². The van der Waals surface area contributed by atoms with E-state index in [1.165, 1.54) is 23.3 Å². The SMILES string of the molecule is CCCCC1CN(CCC(=O)NCCCc2scnc2C)Cc2ccccc2O1. The van der Waals surface area contributed by atoms with Crippen molar-refractivity contribution in [2.75, 3.05) is 19.6 Å². The third kappa shape index (κ3) is 6.82. The Morgan fingerprint density at radius 1 is 1.34 bits per heavy atom. The summed E-state index contributed by atoms with van der Waals surface area (Å²) in [7, 11) is 0. The molecule has 2 aromatic rings. The van der Waals surface area contributed by atoms with Crippen LogP contribution in [0.15, 0.2) is 29.8 Å². The van der Waals surface area contributed by atoms with Crippen LogP contribution in [-0.2, 0) is 17.8 Å². The molecule has 1 aliphatic rings. The minimum absolute atomic E-state index is 0.134. The number of carbonyl (C=O) groups excluding carboxylic acids is 1. The number of ether oxygens (including phenoxy) is 1. The lowest BCUT2D eigenvalue weighted by Gasteiger charge is -2.23. The molecule has 2 heterocycles. The number of aryl methyl sites for hydroxylation is 2. The van der Waals surface area contributed by atoms with Gasteiger partial charge in [0.25, 0.3) is 0 Å². The number of nitrogens with zero attached hydrogens (tertiary/aromatic N) is 2. The molecule has 1 aromatic carbocycles. The Balaban J connectivity index is 1.44. The summed E-state index contributed by atoms with van der Waals surface area (Å²) in [6.07, 6.45) is 6.07. The quantitative estimate of drug-likeness (QED) is 0.587. The highest BCUT2D eigenvalue weighted by atomic mass is 32.1. The number of thiazole rings is 1. The van der Waals surface area contributed by atoms with E-state index in [9.17, 15) is 4.79 Å². The standard InChI is InChI=1S/C23H33N3O2S/c1-3-4-9-20-16-26(15-19-8-5-6-10-21(19)28-20)14-12-23(27)24-13-7-11-22-18(2)25-17-29-22/h5-6,8,10,17,20H,3-4,7,9,11-16H2,1-2H3,(H,24,27). The summed E-state index contributed by atoms with van der Waals surface area (Å²) >= 11 is 1.70. The number of rotatable bonds is 10. The lowest BCUT2D eigenvalue weighted by Crippen LogP contribution is -2.36. The van der Waals surface area contributed by atoms with Crippen molar-refractivity contribution < 1.29 is 9.53 Å². The van der Waals surface area contributed by atoms with E-state index in [0.717, 1.165) is 56.9 Å². The Morgan fingerprint density at radius 2 is 2.21 bits per heavy atom. The molecule has 0 bridgehead atoms. The molecule has 5 nitrogen and oxygen atoms in total. The molecule has 1 unspecified atom stereocenters. The zero-order valence-corrected chi connectivity index (χ0v) is 18.5. The molecule has 0 spiro atoms. The van der Waals surface area contributed by atoms with Crippen molar-refractivity contribution in [1.29, 1.82) is 0 Å². The fourth-order valence-electron chi connectivity index (χ4n) is 3.70. The molecule has 0 radical (unpaired) electrons. The number of fused-ring (bicyclic) bond motifs is 1. The number of benzene rings is 1. The summed E-state index contributed by atoms with van der Waals surface area (Å²) < 4.78 is 6.27. The molecule has 1 amide bonds. The number of hydrogen-bond donors (Lipinski definition) is 1. The highest BCUT2D eigenvalue weighted by Crippen LogP contribution is 2.26. The van der Waals surface area contributed by atoms with E-state index >= 15 is 0 Å². The predicted octanol–water partition coefficient (Wildman–Crippen LogP) is 4.34. The summed E-state index contributed by atoms with van der Waals surface area (Å²) in [5.41, 5.74) is 4.22. The Kier molecular flexibility index (Phi) is 8.50. The van der Waals surface area contributed by atoms with Gasteiger partial charge in [-0.2, -0.15) is 0 Å². The first-order valence-corrected chi connectivity index (χ1v) is 11.7. The van der Waals surface area contributed by atoms with Crippen molar-refractivity contribution in [3.63, 3.8) is 0 Å². The maximum atomic E-state index is 12.3. The smallest absolute Gasteiger partial charge is 0.221 e. The Hall–Kier alpha value is -1.92. The van der Waals surface area contributed by atoms with Crippen LogP contribution < -0.4 is 10.1 Å². The van der Waals surface area contributed by atoms with E-state index in [-0.39, 0.29) is 12.0 Å². The summed E-state index contributed by atoms with van der Waals surface area (Å²) in [4.78, 5) is 20.3. The van der Waals surface area contributed by atoms with Gasteiger partial charge in [0.2, 0.25) is 5.91 Å². The maximum Gasteiger partial charge on any atom is 0.221 e. The van der Waals surface area contributed by atoms with Crippen molar-refractivity contribution in [2.24, 2.45) is 0 Å². The molecule has 0 saturated carbocycles. The molecule has 0 saturated heterocycles. The van der Waals surface area contributed by atoms with Gasteiger partial charge in [0, 0.05) is 43.0 Å². The molecule has 6 heteroatoms. The largest absolute Gasteiger partial charge is 0.489 e. The molecular formula is C23H33N3O2S. The molecule has 0 aliphatic carbocycles. The lowest BCUT2D eigenvalue weighted by atomic mass is 10.1. The number of nitrogens with one attached hydrogen (secondary N) is 1. The fourth-order valence-corrected chi connectivity index (χ4v) is 4.53. The highest BCUT2D eigenvalue weighted by Gasteiger charge is 2.22. The number of amides is 1. The highest BCUT2D eigenvalue weighted by molar-refractivity contribution is 7.09. The molecule has 29 heavy (non-hydrogen) atoms. The monoisotopic (exact) mass is 415 g/mol. The van der Waals surface area contributed by atoms with Crippen LogP contribution in [-0.4, -0.2) is 41.5 Å². The van der Waals surface area contributed by atoms with E-state index in [2.05, 4.69) is 40.3 Å². The Labute approximate surface area is 178 Å². The van der Waals surface area contributed by atoms with E-state index in [1.54, 1.807) is 11.3 Å². The van der Waals surface area contributed by atoms with Crippen LogP contribution in [0.1, 0.15) is 55.2 Å². The second kappa shape index (κ2) is 11.3. The van der Waals surface area contributed by atoms with Crippen molar-refractivity contribution in [2.45, 2.75) is 65.0 Å². The van der Waals surface area contributed by atoms with Gasteiger partial charge in [0.15, 0.2) is 0 Å². The Morgan fingerprint density at radius 3 is 3.00 bits per heavy atom. The van der Waals surface area contributed by atoms with Crippen molar-refractivity contribution in [1.82, 2.24) is 15.2 Å². The Bertz CT molecular complexity index is 777. The zero-order chi connectivity index (χ0) is 20.5. The molecule has 1 atom stereocenters. The van der Waals surface area contributed by atoms with Crippen molar-refractivity contribution in [3.05, 3.63) is 45.9 Å². The van der Waals surface area contributed by atoms with Gasteiger partial charge < -0.3 is 10.1 Å². The normalized spacial score (nSPS) is 16.7. The average Bonchev–Trinajstić information content (AvgIpc) is 3.04. The molecule has 0 fully saturated rings. The zero-order valence-electron chi connectivity index (χ0n) is 17.7. The van der Waals surface area contributed by atoms with Crippen LogP contribution in [0.2, 0.25) is 0 Å².